The first-order valence-corrected chi connectivity index (χ1v) is 9.66. The van der Waals surface area contributed by atoms with Crippen LogP contribution in [0.4, 0.5) is 0 Å². The van der Waals surface area contributed by atoms with Crippen LogP contribution in [0.1, 0.15) is 51.1 Å². The largest absolute Gasteiger partial charge is 0.504 e. The number of hydrogen-bond acceptors (Lipinski definition) is 5. The number of carboxylic acids is 1. The molecular formula is C22H27BO6. The van der Waals surface area contributed by atoms with E-state index in [1.807, 2.05) is 58.0 Å². The van der Waals surface area contributed by atoms with Gasteiger partial charge in [0.05, 0.1) is 17.6 Å². The fourth-order valence-corrected chi connectivity index (χ4v) is 3.22. The van der Waals surface area contributed by atoms with Gasteiger partial charge in [-0.2, -0.15) is 0 Å². The second-order valence-corrected chi connectivity index (χ2v) is 8.33. The molecule has 1 aliphatic heterocycles. The zero-order valence-electron chi connectivity index (χ0n) is 17.2. The Morgan fingerprint density at radius 2 is 1.69 bits per heavy atom. The van der Waals surface area contributed by atoms with Crippen molar-refractivity contribution in [1.29, 1.82) is 0 Å². The Morgan fingerprint density at radius 3 is 2.28 bits per heavy atom. The SMILES string of the molecule is CC1(C)OB(C(CC(=O)O)c2ccc(O)c(OCc3ccccc3)c2)OC1(C)C. The van der Waals surface area contributed by atoms with Crippen LogP contribution >= 0.6 is 0 Å². The molecule has 1 unspecified atom stereocenters. The van der Waals surface area contributed by atoms with Gasteiger partial charge in [0.15, 0.2) is 11.5 Å². The maximum Gasteiger partial charge on any atom is 0.466 e. The summed E-state index contributed by atoms with van der Waals surface area (Å²) in [6, 6.07) is 14.5. The Kier molecular flexibility index (Phi) is 5.91. The van der Waals surface area contributed by atoms with Gasteiger partial charge in [0.2, 0.25) is 0 Å². The molecule has 1 fully saturated rings. The lowest BCUT2D eigenvalue weighted by Gasteiger charge is -2.32. The Morgan fingerprint density at radius 1 is 1.07 bits per heavy atom. The van der Waals surface area contributed by atoms with Crippen LogP contribution in [0.5, 0.6) is 11.5 Å². The van der Waals surface area contributed by atoms with E-state index in [4.69, 9.17) is 14.0 Å². The molecule has 0 saturated carbocycles. The van der Waals surface area contributed by atoms with Crippen LogP contribution in [-0.2, 0) is 20.7 Å². The van der Waals surface area contributed by atoms with E-state index in [-0.39, 0.29) is 18.8 Å². The molecule has 29 heavy (non-hydrogen) atoms. The van der Waals surface area contributed by atoms with E-state index in [1.165, 1.54) is 6.07 Å². The standard InChI is InChI=1S/C22H27BO6/c1-21(2)22(3,4)29-23(28-21)17(13-20(25)26)16-10-11-18(24)19(12-16)27-14-15-8-6-5-7-9-15/h5-12,17,24H,13-14H2,1-4H3,(H,25,26). The van der Waals surface area contributed by atoms with E-state index in [0.29, 0.717) is 11.3 Å². The fraction of sp³-hybridized carbons (Fsp3) is 0.409. The van der Waals surface area contributed by atoms with Gasteiger partial charge < -0.3 is 24.3 Å². The minimum Gasteiger partial charge on any atom is -0.504 e. The highest BCUT2D eigenvalue weighted by Crippen LogP contribution is 2.43. The first-order valence-electron chi connectivity index (χ1n) is 9.66. The third kappa shape index (κ3) is 4.74. The van der Waals surface area contributed by atoms with Crippen LogP contribution in [0.25, 0.3) is 0 Å². The molecule has 0 amide bonds. The van der Waals surface area contributed by atoms with Gasteiger partial charge in [0.25, 0.3) is 0 Å². The van der Waals surface area contributed by atoms with Gasteiger partial charge in [0, 0.05) is 5.82 Å². The second-order valence-electron chi connectivity index (χ2n) is 8.33. The quantitative estimate of drug-likeness (QED) is 0.682. The minimum absolute atomic E-state index is 0.00678. The molecule has 0 aliphatic carbocycles. The van der Waals surface area contributed by atoms with Gasteiger partial charge in [-0.15, -0.1) is 0 Å². The third-order valence-corrected chi connectivity index (χ3v) is 5.64. The van der Waals surface area contributed by atoms with E-state index in [9.17, 15) is 15.0 Å². The van der Waals surface area contributed by atoms with Crippen molar-refractivity contribution in [2.75, 3.05) is 0 Å². The Labute approximate surface area is 171 Å². The molecule has 1 heterocycles. The van der Waals surface area contributed by atoms with Crippen molar-refractivity contribution in [2.24, 2.45) is 0 Å². The molecule has 0 radical (unpaired) electrons. The number of carbonyl (C=O) groups is 1. The minimum atomic E-state index is -0.954. The fourth-order valence-electron chi connectivity index (χ4n) is 3.22. The van der Waals surface area contributed by atoms with Crippen LogP contribution < -0.4 is 4.74 Å². The number of benzene rings is 2. The lowest BCUT2D eigenvalue weighted by atomic mass is 9.66. The first kappa shape index (κ1) is 21.2. The number of ether oxygens (including phenoxy) is 1. The molecule has 3 rings (SSSR count). The van der Waals surface area contributed by atoms with Crippen molar-refractivity contribution >= 4 is 13.1 Å². The summed E-state index contributed by atoms with van der Waals surface area (Å²) in [7, 11) is -0.720. The molecule has 1 aliphatic rings. The van der Waals surface area contributed by atoms with E-state index >= 15 is 0 Å². The van der Waals surface area contributed by atoms with Gasteiger partial charge in [-0.05, 0) is 51.0 Å². The van der Waals surface area contributed by atoms with Crippen LogP contribution in [-0.4, -0.2) is 34.5 Å². The Balaban J connectivity index is 1.86. The van der Waals surface area contributed by atoms with E-state index in [1.54, 1.807) is 12.1 Å². The molecule has 1 atom stereocenters. The van der Waals surface area contributed by atoms with Crippen LogP contribution in [0.3, 0.4) is 0 Å². The van der Waals surface area contributed by atoms with Crippen molar-refractivity contribution in [3.63, 3.8) is 0 Å². The zero-order valence-corrected chi connectivity index (χ0v) is 17.2. The van der Waals surface area contributed by atoms with Gasteiger partial charge in [-0.3, -0.25) is 4.79 Å². The van der Waals surface area contributed by atoms with Gasteiger partial charge in [0.1, 0.15) is 6.61 Å². The van der Waals surface area contributed by atoms with Crippen molar-refractivity contribution in [2.45, 2.75) is 57.7 Å². The summed E-state index contributed by atoms with van der Waals surface area (Å²) in [6.45, 7) is 8.00. The second kappa shape index (κ2) is 8.09. The van der Waals surface area contributed by atoms with Crippen LogP contribution in [0, 0.1) is 0 Å². The zero-order chi connectivity index (χ0) is 21.2. The van der Waals surface area contributed by atoms with Crippen LogP contribution in [0.2, 0.25) is 0 Å². The lowest BCUT2D eigenvalue weighted by molar-refractivity contribution is -0.137. The van der Waals surface area contributed by atoms with Crippen molar-refractivity contribution < 1.29 is 29.1 Å². The maximum absolute atomic E-state index is 11.5. The normalized spacial score (nSPS) is 18.4. The highest BCUT2D eigenvalue weighted by molar-refractivity contribution is 6.48. The molecule has 2 aromatic rings. The summed E-state index contributed by atoms with van der Waals surface area (Å²) >= 11 is 0. The Bertz CT molecular complexity index is 849. The monoisotopic (exact) mass is 398 g/mol. The summed E-state index contributed by atoms with van der Waals surface area (Å²) in [6.07, 6.45) is -0.167. The highest BCUT2D eigenvalue weighted by Gasteiger charge is 2.54. The smallest absolute Gasteiger partial charge is 0.466 e. The van der Waals surface area contributed by atoms with Crippen molar-refractivity contribution in [3.8, 4) is 11.5 Å². The molecule has 0 bridgehead atoms. The van der Waals surface area contributed by atoms with E-state index in [0.717, 1.165) is 5.56 Å². The predicted molar refractivity (Wildman–Crippen MR) is 110 cm³/mol. The molecule has 2 N–H and O–H groups in total. The molecule has 7 heteroatoms. The van der Waals surface area contributed by atoms with Gasteiger partial charge >= 0.3 is 13.1 Å². The molecule has 154 valence electrons. The van der Waals surface area contributed by atoms with E-state index in [2.05, 4.69) is 0 Å². The van der Waals surface area contributed by atoms with Crippen molar-refractivity contribution in [3.05, 3.63) is 59.7 Å². The van der Waals surface area contributed by atoms with Gasteiger partial charge in [-0.25, -0.2) is 0 Å². The van der Waals surface area contributed by atoms with Crippen molar-refractivity contribution in [1.82, 2.24) is 0 Å². The molecule has 0 aromatic heterocycles. The summed E-state index contributed by atoms with van der Waals surface area (Å²) in [5, 5.41) is 19.7. The summed E-state index contributed by atoms with van der Waals surface area (Å²) in [5.74, 6) is -1.22. The maximum atomic E-state index is 11.5. The molecule has 2 aromatic carbocycles. The summed E-state index contributed by atoms with van der Waals surface area (Å²) in [4.78, 5) is 11.5. The number of phenolic OH excluding ortho intramolecular Hbond substituents is 1. The number of aromatic hydroxyl groups is 1. The molecule has 0 spiro atoms. The number of phenols is 1. The first-order chi connectivity index (χ1) is 13.6. The average Bonchev–Trinajstić information content (AvgIpc) is 2.87. The number of rotatable bonds is 7. The molecule has 1 saturated heterocycles. The topological polar surface area (TPSA) is 85.2 Å². The molecule has 6 nitrogen and oxygen atoms in total. The van der Waals surface area contributed by atoms with E-state index < -0.39 is 30.1 Å². The van der Waals surface area contributed by atoms with Gasteiger partial charge in [-0.1, -0.05) is 36.4 Å². The lowest BCUT2D eigenvalue weighted by Crippen LogP contribution is -2.41. The Hall–Kier alpha value is -2.51. The number of aliphatic carboxylic acids is 1. The summed E-state index contributed by atoms with van der Waals surface area (Å²) in [5.41, 5.74) is 0.493. The average molecular weight is 398 g/mol. The summed E-state index contributed by atoms with van der Waals surface area (Å²) < 4.78 is 18.0. The van der Waals surface area contributed by atoms with Crippen LogP contribution in [0.15, 0.2) is 48.5 Å². The molecular weight excluding hydrogens is 371 g/mol. The predicted octanol–water partition coefficient (Wildman–Crippen LogP) is 4.16. The highest BCUT2D eigenvalue weighted by atomic mass is 16.7. The number of carboxylic acid groups (broad SMARTS) is 1. The third-order valence-electron chi connectivity index (χ3n) is 5.64. The number of hydrogen-bond donors (Lipinski definition) is 2.